The average Bonchev–Trinajstić information content (AvgIpc) is 2.64. The minimum atomic E-state index is -0.100. The van der Waals surface area contributed by atoms with Crippen molar-refractivity contribution in [2.75, 3.05) is 13.1 Å². The van der Waals surface area contributed by atoms with Gasteiger partial charge in [0.1, 0.15) is 17.1 Å². The molecule has 0 amide bonds. The first kappa shape index (κ1) is 22.4. The van der Waals surface area contributed by atoms with E-state index in [0.717, 1.165) is 18.7 Å². The number of hydrogen-bond acceptors (Lipinski definition) is 4. The van der Waals surface area contributed by atoms with Crippen molar-refractivity contribution >= 4 is 22.6 Å². The van der Waals surface area contributed by atoms with Gasteiger partial charge in [0.05, 0.1) is 16.5 Å². The summed E-state index contributed by atoms with van der Waals surface area (Å²) in [6, 6.07) is 10.4. The third-order valence-corrected chi connectivity index (χ3v) is 5.33. The molecule has 4 nitrogen and oxygen atoms in total. The van der Waals surface area contributed by atoms with Gasteiger partial charge in [-0.25, -0.2) is 0 Å². The Hall–Kier alpha value is -2.30. The maximum atomic E-state index is 13.4. The number of nitrogens with zero attached hydrogens (tertiary/aromatic N) is 1. The van der Waals surface area contributed by atoms with Crippen LogP contribution in [0.25, 0.3) is 22.1 Å². The number of fused-ring (bicyclic) bond motifs is 1. The van der Waals surface area contributed by atoms with Crippen molar-refractivity contribution in [2.45, 2.75) is 41.2 Å². The first-order valence-corrected chi connectivity index (χ1v) is 10.8. The molecule has 0 radical (unpaired) electrons. The number of halogens is 1. The number of benzene rings is 2. The first-order valence-electron chi connectivity index (χ1n) is 10.4. The van der Waals surface area contributed by atoms with E-state index in [9.17, 15) is 9.90 Å². The molecule has 1 N–H and O–H groups in total. The van der Waals surface area contributed by atoms with E-state index >= 15 is 0 Å². The minimum absolute atomic E-state index is 0.100. The van der Waals surface area contributed by atoms with Crippen LogP contribution >= 0.6 is 11.6 Å². The van der Waals surface area contributed by atoms with Crippen LogP contribution in [0.4, 0.5) is 0 Å². The highest BCUT2D eigenvalue weighted by atomic mass is 35.5. The summed E-state index contributed by atoms with van der Waals surface area (Å²) in [6.45, 7) is 12.8. The molecule has 0 saturated carbocycles. The molecule has 2 aromatic carbocycles. The zero-order valence-corrected chi connectivity index (χ0v) is 19.1. The van der Waals surface area contributed by atoms with Crippen LogP contribution in [-0.4, -0.2) is 23.1 Å². The van der Waals surface area contributed by atoms with Gasteiger partial charge in [0.15, 0.2) is 0 Å². The van der Waals surface area contributed by atoms with Crippen molar-refractivity contribution in [3.05, 3.63) is 63.0 Å². The fourth-order valence-electron chi connectivity index (χ4n) is 3.98. The van der Waals surface area contributed by atoms with Crippen molar-refractivity contribution in [3.8, 4) is 16.9 Å². The number of aromatic hydroxyl groups is 1. The van der Waals surface area contributed by atoms with Crippen molar-refractivity contribution in [3.63, 3.8) is 0 Å². The largest absolute Gasteiger partial charge is 0.507 e. The van der Waals surface area contributed by atoms with Crippen molar-refractivity contribution in [2.24, 2.45) is 11.8 Å². The normalized spacial score (nSPS) is 11.9. The summed E-state index contributed by atoms with van der Waals surface area (Å²) in [5, 5.41) is 11.7. The summed E-state index contributed by atoms with van der Waals surface area (Å²) in [5.74, 6) is 1.67. The molecule has 160 valence electrons. The van der Waals surface area contributed by atoms with Gasteiger partial charge in [-0.05, 0) is 48.6 Å². The Kier molecular flexibility index (Phi) is 6.89. The molecular formula is C25H30ClNO3. The smallest absolute Gasteiger partial charge is 0.200 e. The monoisotopic (exact) mass is 427 g/mol. The van der Waals surface area contributed by atoms with E-state index in [-0.39, 0.29) is 11.2 Å². The molecule has 0 spiro atoms. The highest BCUT2D eigenvalue weighted by molar-refractivity contribution is 6.30. The van der Waals surface area contributed by atoms with Gasteiger partial charge < -0.3 is 9.52 Å². The molecule has 0 bridgehead atoms. The van der Waals surface area contributed by atoms with Gasteiger partial charge in [-0.3, -0.25) is 9.69 Å². The maximum absolute atomic E-state index is 13.4. The molecule has 30 heavy (non-hydrogen) atoms. The second kappa shape index (κ2) is 9.23. The summed E-state index contributed by atoms with van der Waals surface area (Å²) in [4.78, 5) is 15.7. The van der Waals surface area contributed by atoms with Crippen LogP contribution < -0.4 is 5.43 Å². The number of phenols is 1. The minimum Gasteiger partial charge on any atom is -0.507 e. The van der Waals surface area contributed by atoms with Crippen molar-refractivity contribution in [1.82, 2.24) is 4.90 Å². The lowest BCUT2D eigenvalue weighted by Crippen LogP contribution is -2.31. The lowest BCUT2D eigenvalue weighted by Gasteiger charge is -2.26. The lowest BCUT2D eigenvalue weighted by atomic mass is 10.0. The van der Waals surface area contributed by atoms with Gasteiger partial charge in [0.25, 0.3) is 0 Å². The van der Waals surface area contributed by atoms with Gasteiger partial charge in [-0.2, -0.15) is 0 Å². The molecule has 0 aliphatic rings. The Morgan fingerprint density at radius 3 is 2.17 bits per heavy atom. The van der Waals surface area contributed by atoms with E-state index in [0.29, 0.717) is 51.3 Å². The van der Waals surface area contributed by atoms with Crippen LogP contribution in [-0.2, 0) is 6.54 Å². The zero-order valence-electron chi connectivity index (χ0n) is 18.3. The number of aryl methyl sites for hydroxylation is 1. The molecule has 0 aliphatic heterocycles. The first-order chi connectivity index (χ1) is 14.2. The summed E-state index contributed by atoms with van der Waals surface area (Å²) in [5.41, 5.74) is 2.32. The second-order valence-electron chi connectivity index (χ2n) is 8.79. The number of rotatable bonds is 7. The molecule has 0 atom stereocenters. The second-order valence-corrected chi connectivity index (χ2v) is 9.23. The quantitative estimate of drug-likeness (QED) is 0.484. The van der Waals surface area contributed by atoms with E-state index in [1.54, 1.807) is 31.2 Å². The van der Waals surface area contributed by atoms with Crippen LogP contribution in [0, 0.1) is 18.8 Å². The van der Waals surface area contributed by atoms with Gasteiger partial charge in [0.2, 0.25) is 5.43 Å². The lowest BCUT2D eigenvalue weighted by molar-refractivity contribution is 0.209. The van der Waals surface area contributed by atoms with Gasteiger partial charge >= 0.3 is 0 Å². The maximum Gasteiger partial charge on any atom is 0.200 e. The SMILES string of the molecule is Cc1oc2c(CN(CC(C)C)CC(C)C)c(O)ccc2c(=O)c1-c1ccc(Cl)cc1. The topological polar surface area (TPSA) is 53.7 Å². The molecule has 1 heterocycles. The molecule has 3 rings (SSSR count). The average molecular weight is 428 g/mol. The van der Waals surface area contributed by atoms with Crippen LogP contribution in [0.1, 0.15) is 39.0 Å². The van der Waals surface area contributed by atoms with E-state index < -0.39 is 0 Å². The standard InChI is InChI=1S/C25H30ClNO3/c1-15(2)12-27(13-16(3)4)14-21-22(28)11-10-20-24(29)23(17(5)30-25(20)21)18-6-8-19(26)9-7-18/h6-11,15-16,28H,12-14H2,1-5H3. The molecule has 1 aromatic heterocycles. The van der Waals surface area contributed by atoms with E-state index in [1.807, 2.05) is 12.1 Å². The Morgan fingerprint density at radius 2 is 1.60 bits per heavy atom. The highest BCUT2D eigenvalue weighted by Crippen LogP contribution is 2.31. The summed E-state index contributed by atoms with van der Waals surface area (Å²) >= 11 is 6.00. The van der Waals surface area contributed by atoms with Crippen molar-refractivity contribution in [1.29, 1.82) is 0 Å². The predicted octanol–water partition coefficient (Wildman–Crippen LogP) is 6.24. The number of phenolic OH excluding ortho intramolecular Hbond substituents is 1. The van der Waals surface area contributed by atoms with Crippen LogP contribution in [0.15, 0.2) is 45.6 Å². The van der Waals surface area contributed by atoms with E-state index in [4.69, 9.17) is 16.0 Å². The molecule has 0 saturated heterocycles. The van der Waals surface area contributed by atoms with E-state index in [2.05, 4.69) is 32.6 Å². The highest BCUT2D eigenvalue weighted by Gasteiger charge is 2.20. The Morgan fingerprint density at radius 1 is 1.00 bits per heavy atom. The molecular weight excluding hydrogens is 398 g/mol. The Labute approximate surface area is 183 Å². The van der Waals surface area contributed by atoms with Crippen LogP contribution in [0.3, 0.4) is 0 Å². The molecule has 0 fully saturated rings. The molecule has 5 heteroatoms. The fourth-order valence-corrected chi connectivity index (χ4v) is 4.10. The van der Waals surface area contributed by atoms with Crippen molar-refractivity contribution < 1.29 is 9.52 Å². The Bertz CT molecular complexity index is 1070. The number of hydrogen-bond donors (Lipinski definition) is 1. The Balaban J connectivity index is 2.13. The van der Waals surface area contributed by atoms with Crippen LogP contribution in [0.5, 0.6) is 5.75 Å². The third-order valence-electron chi connectivity index (χ3n) is 5.08. The fraction of sp³-hybridized carbons (Fsp3) is 0.400. The molecule has 0 aliphatic carbocycles. The van der Waals surface area contributed by atoms with Gasteiger partial charge in [0, 0.05) is 24.7 Å². The summed E-state index contributed by atoms with van der Waals surface area (Å²) in [6.07, 6.45) is 0. The summed E-state index contributed by atoms with van der Waals surface area (Å²) < 4.78 is 6.16. The summed E-state index contributed by atoms with van der Waals surface area (Å²) in [7, 11) is 0. The molecule has 3 aromatic rings. The van der Waals surface area contributed by atoms with Gasteiger partial charge in [-0.1, -0.05) is 51.4 Å². The predicted molar refractivity (Wildman–Crippen MR) is 124 cm³/mol. The molecule has 0 unspecified atom stereocenters. The third kappa shape index (κ3) is 4.88. The van der Waals surface area contributed by atoms with Gasteiger partial charge in [-0.15, -0.1) is 0 Å². The zero-order chi connectivity index (χ0) is 22.0. The van der Waals surface area contributed by atoms with E-state index in [1.165, 1.54) is 0 Å². The van der Waals surface area contributed by atoms with Crippen LogP contribution in [0.2, 0.25) is 5.02 Å².